The van der Waals surface area contributed by atoms with E-state index in [1.54, 1.807) is 0 Å². The smallest absolute Gasteiger partial charge is 0.162 e. The van der Waals surface area contributed by atoms with E-state index in [0.29, 0.717) is 0 Å². The molecule has 8 aromatic rings. The summed E-state index contributed by atoms with van der Waals surface area (Å²) < 4.78 is 6.71. The van der Waals surface area contributed by atoms with Crippen molar-refractivity contribution in [1.29, 1.82) is 0 Å². The number of fused-ring (bicyclic) bond motifs is 7. The van der Waals surface area contributed by atoms with Gasteiger partial charge in [-0.1, -0.05) is 111 Å². The van der Waals surface area contributed by atoms with Crippen LogP contribution in [0.4, 0.5) is 17.1 Å². The maximum absolute atomic E-state index is 6.71. The lowest BCUT2D eigenvalue weighted by Crippen LogP contribution is -2.16. The fraction of sp³-hybridized carbons (Fsp3) is 0.0714. The van der Waals surface area contributed by atoms with Crippen molar-refractivity contribution in [3.05, 3.63) is 157 Å². The van der Waals surface area contributed by atoms with Gasteiger partial charge in [-0.3, -0.25) is 4.98 Å². The standard InChI is InChI=1S/C42H30N2O/c1-42(2)37-15-9-8-14-33(37)34-21-20-32(24-38(34)42)44(31-18-16-28(17-19-31)27-10-4-3-5-11-27)39-26-43-25-36-35-22-29-12-6-7-13-30(29)23-40(35)45-41(36)39/h3-26H,1-2H3. The third-order valence-corrected chi connectivity index (χ3v) is 9.53. The predicted octanol–water partition coefficient (Wildman–Crippen LogP) is 11.6. The highest BCUT2D eigenvalue weighted by molar-refractivity contribution is 6.13. The summed E-state index contributed by atoms with van der Waals surface area (Å²) in [7, 11) is 0. The van der Waals surface area contributed by atoms with E-state index in [1.807, 2.05) is 12.4 Å². The molecule has 0 saturated heterocycles. The molecule has 1 aliphatic rings. The van der Waals surface area contributed by atoms with Crippen molar-refractivity contribution < 1.29 is 4.42 Å². The molecule has 0 atom stereocenters. The molecule has 9 rings (SSSR count). The summed E-state index contributed by atoms with van der Waals surface area (Å²) in [5.41, 5.74) is 12.3. The maximum Gasteiger partial charge on any atom is 0.162 e. The first-order valence-corrected chi connectivity index (χ1v) is 15.5. The molecule has 3 heteroatoms. The third kappa shape index (κ3) is 3.94. The number of aromatic nitrogens is 1. The zero-order chi connectivity index (χ0) is 30.1. The van der Waals surface area contributed by atoms with Crippen LogP contribution in [0, 0.1) is 0 Å². The second-order valence-corrected chi connectivity index (χ2v) is 12.5. The number of rotatable bonds is 4. The average molecular weight is 579 g/mol. The zero-order valence-electron chi connectivity index (χ0n) is 25.2. The van der Waals surface area contributed by atoms with Crippen molar-refractivity contribution >= 4 is 49.8 Å². The van der Waals surface area contributed by atoms with E-state index in [9.17, 15) is 0 Å². The molecule has 2 aromatic heterocycles. The zero-order valence-corrected chi connectivity index (χ0v) is 25.2. The Morgan fingerprint density at radius 2 is 1.22 bits per heavy atom. The van der Waals surface area contributed by atoms with Crippen molar-refractivity contribution in [1.82, 2.24) is 4.98 Å². The highest BCUT2D eigenvalue weighted by Gasteiger charge is 2.36. The summed E-state index contributed by atoms with van der Waals surface area (Å²) in [4.78, 5) is 7.08. The maximum atomic E-state index is 6.71. The normalized spacial score (nSPS) is 13.3. The van der Waals surface area contributed by atoms with Crippen LogP contribution in [-0.2, 0) is 5.41 Å². The van der Waals surface area contributed by atoms with Crippen LogP contribution in [-0.4, -0.2) is 4.98 Å². The monoisotopic (exact) mass is 578 g/mol. The molecule has 214 valence electrons. The second kappa shape index (κ2) is 9.67. The molecule has 3 nitrogen and oxygen atoms in total. The van der Waals surface area contributed by atoms with Crippen molar-refractivity contribution in [2.45, 2.75) is 19.3 Å². The molecule has 0 aliphatic heterocycles. The molecule has 0 bridgehead atoms. The van der Waals surface area contributed by atoms with Crippen LogP contribution in [0.2, 0.25) is 0 Å². The van der Waals surface area contributed by atoms with E-state index in [1.165, 1.54) is 38.8 Å². The van der Waals surface area contributed by atoms with Gasteiger partial charge in [0, 0.05) is 33.8 Å². The number of hydrogen-bond acceptors (Lipinski definition) is 3. The van der Waals surface area contributed by atoms with Crippen LogP contribution in [0.25, 0.3) is 55.0 Å². The highest BCUT2D eigenvalue weighted by atomic mass is 16.3. The van der Waals surface area contributed by atoms with Gasteiger partial charge in [0.05, 0.1) is 6.20 Å². The number of pyridine rings is 1. The average Bonchev–Trinajstić information content (AvgIpc) is 3.56. The molecule has 0 N–H and O–H groups in total. The van der Waals surface area contributed by atoms with Crippen molar-refractivity contribution in [3.63, 3.8) is 0 Å². The summed E-state index contributed by atoms with van der Waals surface area (Å²) >= 11 is 0. The Kier molecular flexibility index (Phi) is 5.54. The molecule has 0 radical (unpaired) electrons. The minimum absolute atomic E-state index is 0.117. The summed E-state index contributed by atoms with van der Waals surface area (Å²) in [5.74, 6) is 0. The quantitative estimate of drug-likeness (QED) is 0.208. The molecule has 0 spiro atoms. The van der Waals surface area contributed by atoms with Gasteiger partial charge >= 0.3 is 0 Å². The predicted molar refractivity (Wildman–Crippen MR) is 187 cm³/mol. The molecule has 45 heavy (non-hydrogen) atoms. The molecular weight excluding hydrogens is 548 g/mol. The molecule has 0 saturated carbocycles. The van der Waals surface area contributed by atoms with Crippen LogP contribution < -0.4 is 4.90 Å². The summed E-state index contributed by atoms with van der Waals surface area (Å²) in [6.45, 7) is 4.65. The Hall–Kier alpha value is -5.67. The van der Waals surface area contributed by atoms with E-state index in [-0.39, 0.29) is 5.41 Å². The van der Waals surface area contributed by atoms with Crippen molar-refractivity contribution in [2.24, 2.45) is 0 Å². The van der Waals surface area contributed by atoms with Gasteiger partial charge in [0.1, 0.15) is 11.3 Å². The Balaban J connectivity index is 1.27. The lowest BCUT2D eigenvalue weighted by molar-refractivity contribution is 0.660. The third-order valence-electron chi connectivity index (χ3n) is 9.53. The minimum Gasteiger partial charge on any atom is -0.454 e. The lowest BCUT2D eigenvalue weighted by Gasteiger charge is -2.28. The Morgan fingerprint density at radius 1 is 0.556 bits per heavy atom. The van der Waals surface area contributed by atoms with E-state index in [0.717, 1.165) is 44.4 Å². The molecule has 1 aliphatic carbocycles. The number of benzene rings is 6. The molecule has 0 unspecified atom stereocenters. The van der Waals surface area contributed by atoms with Crippen LogP contribution >= 0.6 is 0 Å². The van der Waals surface area contributed by atoms with Gasteiger partial charge in [0.25, 0.3) is 0 Å². The first-order valence-electron chi connectivity index (χ1n) is 15.5. The van der Waals surface area contributed by atoms with E-state index >= 15 is 0 Å². The first kappa shape index (κ1) is 25.8. The van der Waals surface area contributed by atoms with Crippen LogP contribution in [0.3, 0.4) is 0 Å². The van der Waals surface area contributed by atoms with Gasteiger partial charge in [-0.25, -0.2) is 0 Å². The van der Waals surface area contributed by atoms with Gasteiger partial charge in [0.15, 0.2) is 5.58 Å². The topological polar surface area (TPSA) is 29.3 Å². The molecule has 6 aromatic carbocycles. The molecular formula is C42H30N2O. The fourth-order valence-corrected chi connectivity index (χ4v) is 7.21. The number of anilines is 3. The van der Waals surface area contributed by atoms with E-state index < -0.39 is 0 Å². The number of hydrogen-bond donors (Lipinski definition) is 0. The van der Waals surface area contributed by atoms with Crippen LogP contribution in [0.1, 0.15) is 25.0 Å². The Labute approximate surface area is 262 Å². The van der Waals surface area contributed by atoms with Crippen LogP contribution in [0.15, 0.2) is 150 Å². The summed E-state index contributed by atoms with van der Waals surface area (Å²) in [5, 5.41) is 4.43. The molecule has 0 amide bonds. The van der Waals surface area contributed by atoms with Gasteiger partial charge < -0.3 is 9.32 Å². The van der Waals surface area contributed by atoms with Gasteiger partial charge in [-0.05, 0) is 80.6 Å². The Morgan fingerprint density at radius 3 is 2.04 bits per heavy atom. The van der Waals surface area contributed by atoms with Gasteiger partial charge in [0.2, 0.25) is 0 Å². The lowest BCUT2D eigenvalue weighted by atomic mass is 9.82. The van der Waals surface area contributed by atoms with Crippen molar-refractivity contribution in [2.75, 3.05) is 4.90 Å². The number of furan rings is 1. The summed E-state index contributed by atoms with van der Waals surface area (Å²) in [6, 6.07) is 47.7. The SMILES string of the molecule is CC1(C)c2ccccc2-c2ccc(N(c3ccc(-c4ccccc4)cc3)c3cncc4c3oc3cc5ccccc5cc34)cc21. The summed E-state index contributed by atoms with van der Waals surface area (Å²) in [6.07, 6.45) is 3.86. The second-order valence-electron chi connectivity index (χ2n) is 12.5. The minimum atomic E-state index is -0.117. The van der Waals surface area contributed by atoms with Gasteiger partial charge in [-0.15, -0.1) is 0 Å². The first-order chi connectivity index (χ1) is 22.1. The number of nitrogens with zero attached hydrogens (tertiary/aromatic N) is 2. The molecule has 0 fully saturated rings. The van der Waals surface area contributed by atoms with Gasteiger partial charge in [-0.2, -0.15) is 0 Å². The Bertz CT molecular complexity index is 2400. The fourth-order valence-electron chi connectivity index (χ4n) is 7.21. The van der Waals surface area contributed by atoms with E-state index in [4.69, 9.17) is 9.40 Å². The van der Waals surface area contributed by atoms with Crippen LogP contribution in [0.5, 0.6) is 0 Å². The molecule has 2 heterocycles. The van der Waals surface area contributed by atoms with E-state index in [2.05, 4.69) is 152 Å². The van der Waals surface area contributed by atoms with Crippen molar-refractivity contribution in [3.8, 4) is 22.3 Å². The highest BCUT2D eigenvalue weighted by Crippen LogP contribution is 2.51. The largest absolute Gasteiger partial charge is 0.454 e.